The van der Waals surface area contributed by atoms with Gasteiger partial charge < -0.3 is 20.3 Å². The maximum absolute atomic E-state index is 11.5. The Bertz CT molecular complexity index is 462. The first kappa shape index (κ1) is 15.0. The molecule has 0 aliphatic rings. The van der Waals surface area contributed by atoms with Crippen LogP contribution >= 0.6 is 11.8 Å². The summed E-state index contributed by atoms with van der Waals surface area (Å²) in [5.41, 5.74) is 0. The number of hydrogen-bond acceptors (Lipinski definition) is 6. The highest BCUT2D eigenvalue weighted by molar-refractivity contribution is 8.00. The Kier molecular flexibility index (Phi) is 5.86. The van der Waals surface area contributed by atoms with Crippen molar-refractivity contribution >= 4 is 35.9 Å². The molecule has 2 amide bonds. The molecule has 0 radical (unpaired) electrons. The lowest BCUT2D eigenvalue weighted by Crippen LogP contribution is -2.38. The average molecular weight is 287 g/mol. The third kappa shape index (κ3) is 5.42. The third-order valence-corrected chi connectivity index (χ3v) is 3.02. The van der Waals surface area contributed by atoms with Crippen molar-refractivity contribution in [3.05, 3.63) is 11.8 Å². The summed E-state index contributed by atoms with van der Waals surface area (Å²) < 4.78 is 4.77. The summed E-state index contributed by atoms with van der Waals surface area (Å²) in [4.78, 5) is 32.4. The summed E-state index contributed by atoms with van der Waals surface area (Å²) in [6.07, 6.45) is 0.317. The molecule has 0 spiro atoms. The predicted molar refractivity (Wildman–Crippen MR) is 67.8 cm³/mol. The van der Waals surface area contributed by atoms with Crippen LogP contribution in [0.1, 0.15) is 5.76 Å². The van der Waals surface area contributed by atoms with Gasteiger partial charge in [0, 0.05) is 11.8 Å². The predicted octanol–water partition coefficient (Wildman–Crippen LogP) is -0.146. The number of thioether (sulfide) groups is 1. The molecule has 8 nitrogen and oxygen atoms in total. The quantitative estimate of drug-likeness (QED) is 0.568. The number of nitrogens with zero attached hydrogens (tertiary/aromatic N) is 1. The number of carbonyl (C=O) groups is 3. The summed E-state index contributed by atoms with van der Waals surface area (Å²) in [5, 5.41) is 17.0. The Morgan fingerprint density at radius 2 is 2.37 bits per heavy atom. The zero-order chi connectivity index (χ0) is 14.3. The summed E-state index contributed by atoms with van der Waals surface area (Å²) in [6.45, 7) is 1.69. The fraction of sp³-hybridized carbons (Fsp3) is 0.400. The van der Waals surface area contributed by atoms with E-state index in [0.29, 0.717) is 18.0 Å². The van der Waals surface area contributed by atoms with Gasteiger partial charge in [0.1, 0.15) is 11.8 Å². The van der Waals surface area contributed by atoms with Crippen molar-refractivity contribution in [1.82, 2.24) is 10.5 Å². The molecule has 0 bridgehead atoms. The van der Waals surface area contributed by atoms with Gasteiger partial charge in [-0.3, -0.25) is 9.59 Å². The lowest BCUT2D eigenvalue weighted by atomic mass is 10.3. The van der Waals surface area contributed by atoms with E-state index in [-0.39, 0.29) is 17.4 Å². The van der Waals surface area contributed by atoms with E-state index in [0.717, 1.165) is 11.8 Å². The molecule has 1 rings (SSSR count). The molecule has 9 heteroatoms. The van der Waals surface area contributed by atoms with Crippen LogP contribution in [-0.4, -0.2) is 46.1 Å². The van der Waals surface area contributed by atoms with E-state index in [1.165, 1.54) is 0 Å². The van der Waals surface area contributed by atoms with E-state index in [1.54, 1.807) is 13.0 Å². The van der Waals surface area contributed by atoms with Crippen molar-refractivity contribution in [3.8, 4) is 0 Å². The van der Waals surface area contributed by atoms with Crippen molar-refractivity contribution in [3.63, 3.8) is 0 Å². The number of aliphatic carboxylic acids is 1. The monoisotopic (exact) mass is 287 g/mol. The molecule has 19 heavy (non-hydrogen) atoms. The Labute approximate surface area is 112 Å². The second kappa shape index (κ2) is 7.41. The number of hydrogen-bond donors (Lipinski definition) is 3. The molecule has 1 atom stereocenters. The van der Waals surface area contributed by atoms with E-state index >= 15 is 0 Å². The van der Waals surface area contributed by atoms with Crippen LogP contribution in [0.25, 0.3) is 0 Å². The Morgan fingerprint density at radius 3 is 2.89 bits per heavy atom. The first-order valence-corrected chi connectivity index (χ1v) is 6.42. The minimum atomic E-state index is -1.15. The molecule has 0 saturated heterocycles. The first-order chi connectivity index (χ1) is 9.02. The standard InChI is InChI=1S/C10H13N3O5S/c1-6-2-8(13-18-6)12-9(15)4-19-3-7(10(16)17)11-5-14/h2,5,7H,3-4H2,1H3,(H,11,14)(H,16,17)(H,12,13,15). The normalized spacial score (nSPS) is 11.6. The van der Waals surface area contributed by atoms with Gasteiger partial charge in [-0.1, -0.05) is 5.16 Å². The van der Waals surface area contributed by atoms with Gasteiger partial charge in [0.2, 0.25) is 12.3 Å². The van der Waals surface area contributed by atoms with Crippen LogP contribution in [0, 0.1) is 6.92 Å². The number of anilines is 1. The lowest BCUT2D eigenvalue weighted by molar-refractivity contribution is -0.139. The van der Waals surface area contributed by atoms with E-state index in [4.69, 9.17) is 9.63 Å². The SMILES string of the molecule is Cc1cc(NC(=O)CSCC(NC=O)C(=O)O)no1. The molecule has 104 valence electrons. The van der Waals surface area contributed by atoms with Crippen LogP contribution in [0.5, 0.6) is 0 Å². The van der Waals surface area contributed by atoms with E-state index in [9.17, 15) is 14.4 Å². The molecule has 0 aromatic carbocycles. The van der Waals surface area contributed by atoms with Crippen LogP contribution in [0.2, 0.25) is 0 Å². The molecule has 1 aromatic heterocycles. The van der Waals surface area contributed by atoms with Crippen molar-refractivity contribution in [1.29, 1.82) is 0 Å². The van der Waals surface area contributed by atoms with Crippen molar-refractivity contribution in [2.24, 2.45) is 0 Å². The minimum absolute atomic E-state index is 0.0518. The van der Waals surface area contributed by atoms with Crippen molar-refractivity contribution in [2.75, 3.05) is 16.8 Å². The maximum Gasteiger partial charge on any atom is 0.327 e. The van der Waals surface area contributed by atoms with Crippen LogP contribution in [0.15, 0.2) is 10.6 Å². The molecule has 0 aliphatic carbocycles. The number of carboxylic acids is 1. The zero-order valence-electron chi connectivity index (χ0n) is 10.1. The van der Waals surface area contributed by atoms with Crippen LogP contribution in [-0.2, 0) is 14.4 Å². The van der Waals surface area contributed by atoms with Crippen LogP contribution < -0.4 is 10.6 Å². The van der Waals surface area contributed by atoms with Gasteiger partial charge in [-0.05, 0) is 6.92 Å². The Balaban J connectivity index is 2.30. The highest BCUT2D eigenvalue weighted by atomic mass is 32.2. The highest BCUT2D eigenvalue weighted by Gasteiger charge is 2.16. The first-order valence-electron chi connectivity index (χ1n) is 5.26. The van der Waals surface area contributed by atoms with Gasteiger partial charge in [0.15, 0.2) is 5.82 Å². The van der Waals surface area contributed by atoms with Gasteiger partial charge >= 0.3 is 5.97 Å². The second-order valence-electron chi connectivity index (χ2n) is 3.56. The average Bonchev–Trinajstić information content (AvgIpc) is 2.73. The highest BCUT2D eigenvalue weighted by Crippen LogP contribution is 2.09. The Hall–Kier alpha value is -2.03. The summed E-state index contributed by atoms with van der Waals surface area (Å²) in [6, 6.07) is 0.556. The molecule has 0 saturated carbocycles. The molecule has 3 N–H and O–H groups in total. The van der Waals surface area contributed by atoms with Gasteiger partial charge in [0.25, 0.3) is 0 Å². The molecule has 0 aliphatic heterocycles. The maximum atomic E-state index is 11.5. The number of carbonyl (C=O) groups excluding carboxylic acids is 2. The summed E-state index contributed by atoms with van der Waals surface area (Å²) in [7, 11) is 0. The van der Waals surface area contributed by atoms with E-state index < -0.39 is 12.0 Å². The van der Waals surface area contributed by atoms with Gasteiger partial charge in [0.05, 0.1) is 5.75 Å². The van der Waals surface area contributed by atoms with Gasteiger partial charge in [-0.25, -0.2) is 4.79 Å². The van der Waals surface area contributed by atoms with Crippen molar-refractivity contribution in [2.45, 2.75) is 13.0 Å². The molecule has 1 aromatic rings. The van der Waals surface area contributed by atoms with E-state index in [2.05, 4.69) is 15.8 Å². The van der Waals surface area contributed by atoms with Crippen molar-refractivity contribution < 1.29 is 24.0 Å². The summed E-state index contributed by atoms with van der Waals surface area (Å²) in [5.74, 6) is -0.441. The Morgan fingerprint density at radius 1 is 1.63 bits per heavy atom. The van der Waals surface area contributed by atoms with Gasteiger partial charge in [-0.15, -0.1) is 11.8 Å². The second-order valence-corrected chi connectivity index (χ2v) is 4.59. The van der Waals surface area contributed by atoms with Gasteiger partial charge in [-0.2, -0.15) is 0 Å². The largest absolute Gasteiger partial charge is 0.480 e. The van der Waals surface area contributed by atoms with Crippen LogP contribution in [0.3, 0.4) is 0 Å². The third-order valence-electron chi connectivity index (χ3n) is 1.98. The molecular formula is C10H13N3O5S. The topological polar surface area (TPSA) is 122 Å². The number of aryl methyl sites for hydroxylation is 1. The number of rotatable bonds is 8. The number of aromatic nitrogens is 1. The molecular weight excluding hydrogens is 274 g/mol. The summed E-state index contributed by atoms with van der Waals surface area (Å²) >= 11 is 1.09. The van der Waals surface area contributed by atoms with Crippen LogP contribution in [0.4, 0.5) is 5.82 Å². The number of amides is 2. The smallest absolute Gasteiger partial charge is 0.327 e. The minimum Gasteiger partial charge on any atom is -0.480 e. The number of carboxylic acid groups (broad SMARTS) is 1. The fourth-order valence-corrected chi connectivity index (χ4v) is 2.00. The molecule has 0 fully saturated rings. The number of nitrogens with one attached hydrogen (secondary N) is 2. The fourth-order valence-electron chi connectivity index (χ4n) is 1.15. The molecule has 1 heterocycles. The molecule has 1 unspecified atom stereocenters. The zero-order valence-corrected chi connectivity index (χ0v) is 10.9. The van der Waals surface area contributed by atoms with E-state index in [1.807, 2.05) is 0 Å². The lowest BCUT2D eigenvalue weighted by Gasteiger charge is -2.09.